The number of thioether (sulfide) groups is 1. The van der Waals surface area contributed by atoms with E-state index in [1.807, 2.05) is 11.4 Å². The SMILES string of the molecule is Cn1[nH]c(=O)c(=O)nc1SCc1sccc1/C=C/C(=O)O. The minimum Gasteiger partial charge on any atom is -0.478 e. The maximum absolute atomic E-state index is 11.2. The highest BCUT2D eigenvalue weighted by Crippen LogP contribution is 2.26. The first-order valence-electron chi connectivity index (χ1n) is 5.75. The third kappa shape index (κ3) is 3.92. The number of carbonyl (C=O) groups is 1. The number of thiophene rings is 1. The molecule has 0 fully saturated rings. The van der Waals surface area contributed by atoms with Crippen molar-refractivity contribution in [2.24, 2.45) is 7.05 Å². The van der Waals surface area contributed by atoms with Crippen LogP contribution in [-0.2, 0) is 17.6 Å². The monoisotopic (exact) mass is 325 g/mol. The van der Waals surface area contributed by atoms with Crippen LogP contribution in [-0.4, -0.2) is 25.8 Å². The van der Waals surface area contributed by atoms with Gasteiger partial charge in [0, 0.05) is 23.8 Å². The Morgan fingerprint density at radius 3 is 3.05 bits per heavy atom. The quantitative estimate of drug-likeness (QED) is 0.481. The van der Waals surface area contributed by atoms with Crippen molar-refractivity contribution < 1.29 is 9.90 Å². The second-order valence-electron chi connectivity index (χ2n) is 3.96. The standard InChI is InChI=1S/C12H11N3O4S2/c1-15-12(13-10(18)11(19)14-15)21-6-8-7(4-5-20-8)2-3-9(16)17/h2-5H,6H2,1H3,(H,14,19)(H,16,17)/b3-2+. The summed E-state index contributed by atoms with van der Waals surface area (Å²) in [7, 11) is 1.59. The molecule has 21 heavy (non-hydrogen) atoms. The summed E-state index contributed by atoms with van der Waals surface area (Å²) in [5, 5.41) is 13.3. The average molecular weight is 325 g/mol. The summed E-state index contributed by atoms with van der Waals surface area (Å²) in [5.74, 6) is -0.493. The Kier molecular flexibility index (Phi) is 4.76. The van der Waals surface area contributed by atoms with Crippen LogP contribution in [0.15, 0.2) is 32.3 Å². The van der Waals surface area contributed by atoms with Crippen molar-refractivity contribution in [3.8, 4) is 0 Å². The van der Waals surface area contributed by atoms with Crippen molar-refractivity contribution in [3.63, 3.8) is 0 Å². The molecule has 0 radical (unpaired) electrons. The van der Waals surface area contributed by atoms with E-state index >= 15 is 0 Å². The van der Waals surface area contributed by atoms with Crippen molar-refractivity contribution in [2.75, 3.05) is 0 Å². The van der Waals surface area contributed by atoms with Crippen molar-refractivity contribution in [3.05, 3.63) is 48.7 Å². The lowest BCUT2D eigenvalue weighted by molar-refractivity contribution is -0.131. The molecule has 0 saturated heterocycles. The van der Waals surface area contributed by atoms with Gasteiger partial charge in [0.1, 0.15) is 0 Å². The first kappa shape index (κ1) is 15.3. The molecule has 110 valence electrons. The van der Waals surface area contributed by atoms with Crippen molar-refractivity contribution >= 4 is 35.1 Å². The number of carboxylic acid groups (broad SMARTS) is 1. The van der Waals surface area contributed by atoms with Gasteiger partial charge in [-0.3, -0.25) is 19.4 Å². The maximum atomic E-state index is 11.2. The van der Waals surface area contributed by atoms with E-state index in [-0.39, 0.29) is 0 Å². The fourth-order valence-corrected chi connectivity index (χ4v) is 3.41. The number of nitrogens with one attached hydrogen (secondary N) is 1. The molecule has 7 nitrogen and oxygen atoms in total. The molecule has 2 aromatic rings. The van der Waals surface area contributed by atoms with E-state index in [2.05, 4.69) is 10.1 Å². The molecule has 2 heterocycles. The lowest BCUT2D eigenvalue weighted by atomic mass is 10.2. The minimum absolute atomic E-state index is 0.390. The third-order valence-electron chi connectivity index (χ3n) is 2.47. The van der Waals surface area contributed by atoms with Crippen LogP contribution in [0, 0.1) is 0 Å². The summed E-state index contributed by atoms with van der Waals surface area (Å²) < 4.78 is 1.38. The van der Waals surface area contributed by atoms with Crippen molar-refractivity contribution in [1.29, 1.82) is 0 Å². The van der Waals surface area contributed by atoms with Crippen molar-refractivity contribution in [2.45, 2.75) is 10.9 Å². The van der Waals surface area contributed by atoms with Crippen LogP contribution in [0.2, 0.25) is 0 Å². The van der Waals surface area contributed by atoms with Crippen LogP contribution in [0.5, 0.6) is 0 Å². The van der Waals surface area contributed by atoms with E-state index in [1.54, 1.807) is 7.05 Å². The van der Waals surface area contributed by atoms with Crippen LogP contribution in [0.25, 0.3) is 6.08 Å². The first-order valence-corrected chi connectivity index (χ1v) is 7.61. The minimum atomic E-state index is -1.01. The molecular formula is C12H11N3O4S2. The molecule has 0 aromatic carbocycles. The zero-order valence-corrected chi connectivity index (χ0v) is 12.5. The number of aliphatic carboxylic acids is 1. The van der Waals surface area contributed by atoms with E-state index < -0.39 is 17.1 Å². The van der Waals surface area contributed by atoms with Crippen LogP contribution >= 0.6 is 23.1 Å². The summed E-state index contributed by atoms with van der Waals surface area (Å²) in [4.78, 5) is 37.5. The Labute approximate surface area is 127 Å². The number of carboxylic acids is 1. The number of aromatic amines is 1. The molecule has 0 bridgehead atoms. The number of aryl methyl sites for hydroxylation is 1. The molecule has 0 aliphatic rings. The smallest absolute Gasteiger partial charge is 0.339 e. The number of nitrogens with zero attached hydrogens (tertiary/aromatic N) is 2. The first-order chi connectivity index (χ1) is 9.97. The predicted molar refractivity (Wildman–Crippen MR) is 80.6 cm³/mol. The molecule has 0 atom stereocenters. The summed E-state index contributed by atoms with van der Waals surface area (Å²) in [6, 6.07) is 1.82. The number of aromatic nitrogens is 3. The van der Waals surface area contributed by atoms with Gasteiger partial charge in [0.15, 0.2) is 5.16 Å². The Balaban J connectivity index is 2.16. The number of rotatable bonds is 5. The van der Waals surface area contributed by atoms with Gasteiger partial charge in [0.05, 0.1) is 0 Å². The highest BCUT2D eigenvalue weighted by molar-refractivity contribution is 7.98. The van der Waals surface area contributed by atoms with E-state index in [0.717, 1.165) is 16.5 Å². The lowest BCUT2D eigenvalue weighted by Crippen LogP contribution is -2.33. The molecule has 0 aliphatic carbocycles. The average Bonchev–Trinajstić information content (AvgIpc) is 2.86. The second kappa shape index (κ2) is 6.55. The fraction of sp³-hybridized carbons (Fsp3) is 0.167. The molecule has 0 spiro atoms. The Bertz CT molecular complexity index is 803. The molecule has 9 heteroatoms. The van der Waals surface area contributed by atoms with Gasteiger partial charge < -0.3 is 5.11 Å². The molecular weight excluding hydrogens is 314 g/mol. The van der Waals surface area contributed by atoms with E-state index in [0.29, 0.717) is 10.9 Å². The molecule has 2 N–H and O–H groups in total. The van der Waals surface area contributed by atoms with Gasteiger partial charge in [-0.2, -0.15) is 4.98 Å². The maximum Gasteiger partial charge on any atom is 0.339 e. The van der Waals surface area contributed by atoms with Gasteiger partial charge in [-0.25, -0.2) is 4.79 Å². The van der Waals surface area contributed by atoms with Gasteiger partial charge in [0.2, 0.25) is 0 Å². The van der Waals surface area contributed by atoms with E-state index in [4.69, 9.17) is 5.11 Å². The Morgan fingerprint density at radius 1 is 1.57 bits per heavy atom. The summed E-state index contributed by atoms with van der Waals surface area (Å²) in [5.41, 5.74) is -0.778. The van der Waals surface area contributed by atoms with Gasteiger partial charge in [-0.1, -0.05) is 11.8 Å². The van der Waals surface area contributed by atoms with Gasteiger partial charge in [-0.05, 0) is 23.1 Å². The Morgan fingerprint density at radius 2 is 2.33 bits per heavy atom. The Hall–Kier alpha value is -2.13. The molecule has 0 amide bonds. The van der Waals surface area contributed by atoms with E-state index in [1.165, 1.54) is 33.9 Å². The van der Waals surface area contributed by atoms with Crippen LogP contribution < -0.4 is 11.1 Å². The van der Waals surface area contributed by atoms with Crippen LogP contribution in [0.1, 0.15) is 10.4 Å². The topological polar surface area (TPSA) is 105 Å². The zero-order valence-electron chi connectivity index (χ0n) is 10.9. The fourth-order valence-electron chi connectivity index (χ4n) is 1.50. The third-order valence-corrected chi connectivity index (χ3v) is 4.64. The highest BCUT2D eigenvalue weighted by atomic mass is 32.2. The van der Waals surface area contributed by atoms with Gasteiger partial charge in [-0.15, -0.1) is 11.3 Å². The lowest BCUT2D eigenvalue weighted by Gasteiger charge is -2.05. The second-order valence-corrected chi connectivity index (χ2v) is 5.90. The number of H-pyrrole nitrogens is 1. The molecule has 0 saturated carbocycles. The van der Waals surface area contributed by atoms with Crippen LogP contribution in [0.4, 0.5) is 0 Å². The van der Waals surface area contributed by atoms with Crippen LogP contribution in [0.3, 0.4) is 0 Å². The molecule has 0 unspecified atom stereocenters. The molecule has 2 aromatic heterocycles. The zero-order chi connectivity index (χ0) is 15.4. The van der Waals surface area contributed by atoms with Gasteiger partial charge >= 0.3 is 17.1 Å². The summed E-state index contributed by atoms with van der Waals surface area (Å²) >= 11 is 2.77. The molecule has 2 rings (SSSR count). The number of hydrogen-bond donors (Lipinski definition) is 2. The summed E-state index contributed by atoms with van der Waals surface area (Å²) in [6.45, 7) is 0. The highest BCUT2D eigenvalue weighted by Gasteiger charge is 2.08. The number of hydrogen-bond acceptors (Lipinski definition) is 6. The largest absolute Gasteiger partial charge is 0.478 e. The predicted octanol–water partition coefficient (Wildman–Crippen LogP) is 0.920. The van der Waals surface area contributed by atoms with E-state index in [9.17, 15) is 14.4 Å². The molecule has 0 aliphatic heterocycles. The van der Waals surface area contributed by atoms with Crippen molar-refractivity contribution in [1.82, 2.24) is 14.8 Å². The van der Waals surface area contributed by atoms with Gasteiger partial charge in [0.25, 0.3) is 0 Å². The normalized spacial score (nSPS) is 11.1. The summed E-state index contributed by atoms with van der Waals surface area (Å²) in [6.07, 6.45) is 2.60.